The average molecular weight is 432 g/mol. The summed E-state index contributed by atoms with van der Waals surface area (Å²) < 4.78 is 3.93. The van der Waals surface area contributed by atoms with E-state index in [2.05, 4.69) is 50.4 Å². The summed E-state index contributed by atoms with van der Waals surface area (Å²) in [4.78, 5) is 15.1. The van der Waals surface area contributed by atoms with E-state index in [1.54, 1.807) is 28.5 Å². The van der Waals surface area contributed by atoms with Gasteiger partial charge in [-0.3, -0.25) is 9.48 Å². The summed E-state index contributed by atoms with van der Waals surface area (Å²) in [5, 5.41) is 15.3. The number of halogens is 1. The molecular weight excluding hydrogens is 410 g/mol. The quantitative estimate of drug-likeness (QED) is 0.664. The minimum absolute atomic E-state index is 0.227. The molecule has 2 atom stereocenters. The largest absolute Gasteiger partial charge is 0.350 e. The van der Waals surface area contributed by atoms with Crippen LogP contribution in [0, 0.1) is 0 Å². The first-order chi connectivity index (χ1) is 12.9. The lowest BCUT2D eigenvalue weighted by atomic mass is 10.1. The van der Waals surface area contributed by atoms with Crippen molar-refractivity contribution >= 4 is 38.9 Å². The number of amides is 1. The van der Waals surface area contributed by atoms with Crippen molar-refractivity contribution in [2.75, 3.05) is 23.3 Å². The number of aromatic nitrogens is 4. The van der Waals surface area contributed by atoms with Gasteiger partial charge in [0.15, 0.2) is 4.60 Å². The Hall–Kier alpha value is -2.39. The molecule has 1 aliphatic rings. The van der Waals surface area contributed by atoms with Crippen LogP contribution >= 0.6 is 15.9 Å². The molecule has 1 fully saturated rings. The summed E-state index contributed by atoms with van der Waals surface area (Å²) in [6, 6.07) is 8.44. The Morgan fingerprint density at radius 1 is 1.26 bits per heavy atom. The molecule has 0 saturated carbocycles. The zero-order chi connectivity index (χ0) is 19.1. The van der Waals surface area contributed by atoms with Crippen molar-refractivity contribution in [1.29, 1.82) is 0 Å². The van der Waals surface area contributed by atoms with Crippen molar-refractivity contribution in [3.63, 3.8) is 0 Å². The molecule has 3 aromatic rings. The summed E-state index contributed by atoms with van der Waals surface area (Å²) in [5.41, 5.74) is 1.99. The second-order valence-corrected chi connectivity index (χ2v) is 7.77. The van der Waals surface area contributed by atoms with Gasteiger partial charge < -0.3 is 15.5 Å². The lowest BCUT2D eigenvalue weighted by Crippen LogP contribution is -2.54. The third kappa shape index (κ3) is 3.44. The number of hydrogen-bond donors (Lipinski definition) is 2. The molecule has 0 bridgehead atoms. The first-order valence-corrected chi connectivity index (χ1v) is 9.71. The van der Waals surface area contributed by atoms with Gasteiger partial charge in [0.1, 0.15) is 11.5 Å². The van der Waals surface area contributed by atoms with Gasteiger partial charge >= 0.3 is 0 Å². The van der Waals surface area contributed by atoms with Gasteiger partial charge in [-0.15, -0.1) is 5.10 Å². The predicted molar refractivity (Wildman–Crippen MR) is 108 cm³/mol. The number of nitrogens with one attached hydrogen (secondary N) is 2. The topological polar surface area (TPSA) is 79.5 Å². The minimum atomic E-state index is -0.227. The average Bonchev–Trinajstić information content (AvgIpc) is 3.19. The Morgan fingerprint density at radius 2 is 2.04 bits per heavy atom. The molecule has 1 amide bonds. The van der Waals surface area contributed by atoms with E-state index in [-0.39, 0.29) is 5.91 Å². The third-order valence-corrected chi connectivity index (χ3v) is 5.40. The molecule has 3 aromatic heterocycles. The lowest BCUT2D eigenvalue weighted by Gasteiger charge is -2.38. The normalized spacial score (nSPS) is 20.2. The SMILES string of the molecule is C[C@@H]1CN(c2ccc3ccc(C(=O)Nc4cn(C)nc4Br)n3n2)[C@H](C)CN1. The molecule has 0 radical (unpaired) electrons. The summed E-state index contributed by atoms with van der Waals surface area (Å²) in [7, 11) is 1.80. The second-order valence-electron chi connectivity index (χ2n) is 7.02. The predicted octanol–water partition coefficient (Wildman–Crippen LogP) is 2.27. The molecule has 4 heterocycles. The second kappa shape index (κ2) is 6.97. The van der Waals surface area contributed by atoms with Gasteiger partial charge in [0.2, 0.25) is 0 Å². The van der Waals surface area contributed by atoms with Crippen LogP contribution in [0.2, 0.25) is 0 Å². The maximum Gasteiger partial charge on any atom is 0.274 e. The number of aryl methyl sites for hydroxylation is 1. The van der Waals surface area contributed by atoms with E-state index in [1.807, 2.05) is 18.2 Å². The van der Waals surface area contributed by atoms with Crippen LogP contribution in [0.4, 0.5) is 11.5 Å². The standard InChI is InChI=1S/C18H22BrN7O/c1-11-9-25(12(2)8-20-11)16-7-5-13-4-6-15(26(13)22-16)18(27)21-14-10-24(3)23-17(14)19/h4-7,10-12,20H,8-9H2,1-3H3,(H,21,27)/t11-,12-/m1/s1. The van der Waals surface area contributed by atoms with Crippen LogP contribution in [0.1, 0.15) is 24.3 Å². The van der Waals surface area contributed by atoms with Crippen molar-refractivity contribution in [2.45, 2.75) is 25.9 Å². The first kappa shape index (κ1) is 18.0. The summed E-state index contributed by atoms with van der Waals surface area (Å²) in [5.74, 6) is 0.645. The van der Waals surface area contributed by atoms with Gasteiger partial charge in [0.05, 0.1) is 11.2 Å². The molecule has 1 aliphatic heterocycles. The van der Waals surface area contributed by atoms with Crippen molar-refractivity contribution in [2.24, 2.45) is 7.05 Å². The molecule has 0 aromatic carbocycles. The lowest BCUT2D eigenvalue weighted by molar-refractivity contribution is 0.102. The highest BCUT2D eigenvalue weighted by Gasteiger charge is 2.24. The summed E-state index contributed by atoms with van der Waals surface area (Å²) >= 11 is 3.35. The fourth-order valence-electron chi connectivity index (χ4n) is 3.38. The number of rotatable bonds is 3. The van der Waals surface area contributed by atoms with Crippen LogP contribution in [0.3, 0.4) is 0 Å². The fraction of sp³-hybridized carbons (Fsp3) is 0.389. The molecule has 2 N–H and O–H groups in total. The van der Waals surface area contributed by atoms with E-state index < -0.39 is 0 Å². The number of nitrogens with zero attached hydrogens (tertiary/aromatic N) is 5. The fourth-order valence-corrected chi connectivity index (χ4v) is 3.83. The Balaban J connectivity index is 1.65. The molecule has 9 heteroatoms. The van der Waals surface area contributed by atoms with Crippen LogP contribution in [0.15, 0.2) is 35.1 Å². The molecule has 0 unspecified atom stereocenters. The molecule has 142 valence electrons. The molecule has 8 nitrogen and oxygen atoms in total. The van der Waals surface area contributed by atoms with E-state index in [0.717, 1.165) is 24.4 Å². The van der Waals surface area contributed by atoms with Gasteiger partial charge in [-0.2, -0.15) is 5.10 Å². The Labute approximate surface area is 165 Å². The van der Waals surface area contributed by atoms with E-state index in [0.29, 0.717) is 28.1 Å². The molecule has 4 rings (SSSR count). The number of anilines is 2. The van der Waals surface area contributed by atoms with Crippen LogP contribution in [-0.4, -0.2) is 50.5 Å². The zero-order valence-corrected chi connectivity index (χ0v) is 17.1. The van der Waals surface area contributed by atoms with Gasteiger partial charge in [0.25, 0.3) is 5.91 Å². The highest BCUT2D eigenvalue weighted by molar-refractivity contribution is 9.10. The molecule has 0 aliphatic carbocycles. The summed E-state index contributed by atoms with van der Waals surface area (Å²) in [6.07, 6.45) is 1.75. The van der Waals surface area contributed by atoms with Crippen molar-refractivity contribution in [3.8, 4) is 0 Å². The number of hydrogen-bond acceptors (Lipinski definition) is 5. The number of fused-ring (bicyclic) bond motifs is 1. The molecule has 1 saturated heterocycles. The van der Waals surface area contributed by atoms with Crippen molar-refractivity contribution < 1.29 is 4.79 Å². The van der Waals surface area contributed by atoms with Gasteiger partial charge in [-0.05, 0) is 54.0 Å². The van der Waals surface area contributed by atoms with E-state index in [4.69, 9.17) is 5.10 Å². The van der Waals surface area contributed by atoms with Crippen LogP contribution in [0.5, 0.6) is 0 Å². The zero-order valence-electron chi connectivity index (χ0n) is 15.5. The highest BCUT2D eigenvalue weighted by Crippen LogP contribution is 2.22. The van der Waals surface area contributed by atoms with Crippen LogP contribution in [0.25, 0.3) is 5.52 Å². The summed E-state index contributed by atoms with van der Waals surface area (Å²) in [6.45, 7) is 6.13. The minimum Gasteiger partial charge on any atom is -0.350 e. The number of carbonyl (C=O) groups excluding carboxylic acids is 1. The Kier molecular flexibility index (Phi) is 4.65. The highest BCUT2D eigenvalue weighted by atomic mass is 79.9. The van der Waals surface area contributed by atoms with Gasteiger partial charge in [-0.25, -0.2) is 4.52 Å². The first-order valence-electron chi connectivity index (χ1n) is 8.91. The van der Waals surface area contributed by atoms with Crippen LogP contribution in [-0.2, 0) is 7.05 Å². The monoisotopic (exact) mass is 431 g/mol. The van der Waals surface area contributed by atoms with Gasteiger partial charge in [0, 0.05) is 38.4 Å². The van der Waals surface area contributed by atoms with Gasteiger partial charge in [-0.1, -0.05) is 0 Å². The van der Waals surface area contributed by atoms with Crippen molar-refractivity contribution in [3.05, 3.63) is 40.8 Å². The Bertz CT molecular complexity index is 995. The molecule has 0 spiro atoms. The number of piperazine rings is 1. The maximum absolute atomic E-state index is 12.8. The van der Waals surface area contributed by atoms with Crippen LogP contribution < -0.4 is 15.5 Å². The van der Waals surface area contributed by atoms with E-state index in [1.165, 1.54) is 0 Å². The Morgan fingerprint density at radius 3 is 2.78 bits per heavy atom. The smallest absolute Gasteiger partial charge is 0.274 e. The molecule has 27 heavy (non-hydrogen) atoms. The van der Waals surface area contributed by atoms with E-state index >= 15 is 0 Å². The number of carbonyl (C=O) groups is 1. The van der Waals surface area contributed by atoms with Crippen molar-refractivity contribution in [1.82, 2.24) is 24.7 Å². The van der Waals surface area contributed by atoms with E-state index in [9.17, 15) is 4.79 Å². The molecular formula is C18H22BrN7O. The maximum atomic E-state index is 12.8. The third-order valence-electron chi connectivity index (χ3n) is 4.81.